The van der Waals surface area contributed by atoms with E-state index in [4.69, 9.17) is 4.74 Å². The first kappa shape index (κ1) is 25.9. The molecular formula is C31H38N2O3. The number of nitrogens with one attached hydrogen (secondary N) is 1. The van der Waals surface area contributed by atoms with Gasteiger partial charge >= 0.3 is 6.09 Å². The highest BCUT2D eigenvalue weighted by Gasteiger charge is 2.29. The fraction of sp³-hybridized carbons (Fsp3) is 0.387. The van der Waals surface area contributed by atoms with Gasteiger partial charge in [-0.15, -0.1) is 0 Å². The van der Waals surface area contributed by atoms with Crippen molar-refractivity contribution in [1.29, 1.82) is 0 Å². The van der Waals surface area contributed by atoms with E-state index in [9.17, 15) is 9.90 Å². The first-order valence-corrected chi connectivity index (χ1v) is 12.8. The molecule has 3 aromatic rings. The summed E-state index contributed by atoms with van der Waals surface area (Å²) in [7, 11) is 0. The molecule has 36 heavy (non-hydrogen) atoms. The maximum Gasteiger partial charge on any atom is 0.407 e. The van der Waals surface area contributed by atoms with Crippen LogP contribution in [0, 0.1) is 0 Å². The summed E-state index contributed by atoms with van der Waals surface area (Å²) in [5.41, 5.74) is 4.41. The van der Waals surface area contributed by atoms with Crippen LogP contribution < -0.4 is 5.32 Å². The molecule has 0 saturated carbocycles. The Labute approximate surface area is 215 Å². The average Bonchev–Trinajstić information content (AvgIpc) is 3.03. The van der Waals surface area contributed by atoms with E-state index in [1.165, 1.54) is 16.7 Å². The minimum Gasteiger partial charge on any atom is -0.444 e. The van der Waals surface area contributed by atoms with Gasteiger partial charge < -0.3 is 15.2 Å². The quantitative estimate of drug-likeness (QED) is 0.474. The number of benzene rings is 3. The number of fused-ring (bicyclic) bond motifs is 1. The third-order valence-electron chi connectivity index (χ3n) is 6.64. The lowest BCUT2D eigenvalue weighted by molar-refractivity contribution is 0.0355. The number of β-amino-alcohol motifs (C(OH)–C–C–N with tert-alkyl or cyclic N) is 1. The van der Waals surface area contributed by atoms with E-state index in [-0.39, 0.29) is 0 Å². The molecule has 1 aliphatic rings. The Morgan fingerprint density at radius 2 is 1.58 bits per heavy atom. The first-order chi connectivity index (χ1) is 17.3. The van der Waals surface area contributed by atoms with Crippen LogP contribution >= 0.6 is 0 Å². The van der Waals surface area contributed by atoms with Crippen molar-refractivity contribution in [3.8, 4) is 0 Å². The SMILES string of the molecule is CC(C)(C)OC(=O)N[C@@H](Cc1ccccc1)[C@H](O)CN1Cc2ccccc2CC(c2ccccc2)C1. The standard InChI is InChI=1S/C31H38N2O3/c1-31(2,3)36-30(35)32-28(18-23-12-6-4-7-13-23)29(34)22-33-20-26-17-11-10-16-25(26)19-27(21-33)24-14-8-5-9-15-24/h4-17,27-29,34H,18-22H2,1-3H3,(H,32,35)/t27?,28-,29+/m0/s1. The fourth-order valence-electron chi connectivity index (χ4n) is 4.95. The zero-order valence-corrected chi connectivity index (χ0v) is 21.6. The molecule has 1 unspecified atom stereocenters. The molecule has 1 aliphatic heterocycles. The highest BCUT2D eigenvalue weighted by molar-refractivity contribution is 5.68. The average molecular weight is 487 g/mol. The summed E-state index contributed by atoms with van der Waals surface area (Å²) < 4.78 is 5.51. The number of aliphatic hydroxyl groups excluding tert-OH is 1. The summed E-state index contributed by atoms with van der Waals surface area (Å²) in [6.45, 7) is 7.57. The van der Waals surface area contributed by atoms with E-state index in [1.54, 1.807) is 0 Å². The summed E-state index contributed by atoms with van der Waals surface area (Å²) in [4.78, 5) is 15.0. The molecule has 0 bridgehead atoms. The van der Waals surface area contributed by atoms with Gasteiger partial charge in [-0.3, -0.25) is 4.90 Å². The third kappa shape index (κ3) is 7.42. The van der Waals surface area contributed by atoms with Crippen LogP contribution in [0.5, 0.6) is 0 Å². The number of carbonyl (C=O) groups excluding carboxylic acids is 1. The molecule has 0 aromatic heterocycles. The molecule has 3 aromatic carbocycles. The number of hydrogen-bond acceptors (Lipinski definition) is 4. The van der Waals surface area contributed by atoms with Crippen LogP contribution in [0.4, 0.5) is 4.79 Å². The molecule has 1 amide bonds. The normalized spacial score (nSPS) is 17.9. The van der Waals surface area contributed by atoms with Crippen LogP contribution in [0.2, 0.25) is 0 Å². The predicted molar refractivity (Wildman–Crippen MR) is 144 cm³/mol. The number of ether oxygens (including phenoxy) is 1. The van der Waals surface area contributed by atoms with Crippen LogP contribution in [0.15, 0.2) is 84.9 Å². The lowest BCUT2D eigenvalue weighted by Crippen LogP contribution is -2.50. The Morgan fingerprint density at radius 3 is 2.25 bits per heavy atom. The number of nitrogens with zero attached hydrogens (tertiary/aromatic N) is 1. The van der Waals surface area contributed by atoms with E-state index in [0.717, 1.165) is 25.1 Å². The Balaban J connectivity index is 1.54. The van der Waals surface area contributed by atoms with E-state index < -0.39 is 23.8 Å². The van der Waals surface area contributed by atoms with Crippen molar-refractivity contribution >= 4 is 6.09 Å². The topological polar surface area (TPSA) is 61.8 Å². The molecule has 4 rings (SSSR count). The van der Waals surface area contributed by atoms with Gasteiger partial charge in [0.25, 0.3) is 0 Å². The number of carbonyl (C=O) groups is 1. The summed E-state index contributed by atoms with van der Waals surface area (Å²) in [6.07, 6.45) is 0.217. The van der Waals surface area contributed by atoms with Crippen molar-refractivity contribution in [3.63, 3.8) is 0 Å². The monoisotopic (exact) mass is 486 g/mol. The van der Waals surface area contributed by atoms with E-state index in [0.29, 0.717) is 18.9 Å². The Hall–Kier alpha value is -3.15. The van der Waals surface area contributed by atoms with Gasteiger partial charge in [-0.2, -0.15) is 0 Å². The summed E-state index contributed by atoms with van der Waals surface area (Å²) >= 11 is 0. The molecule has 2 N–H and O–H groups in total. The van der Waals surface area contributed by atoms with Gasteiger partial charge in [-0.05, 0) is 55.9 Å². The zero-order chi connectivity index (χ0) is 25.5. The molecule has 3 atom stereocenters. The second kappa shape index (κ2) is 11.7. The Bertz CT molecular complexity index is 1110. The molecule has 0 aliphatic carbocycles. The summed E-state index contributed by atoms with van der Waals surface area (Å²) in [5.74, 6) is 0.327. The van der Waals surface area contributed by atoms with E-state index in [1.807, 2.05) is 57.2 Å². The maximum absolute atomic E-state index is 12.7. The van der Waals surface area contributed by atoms with Crippen molar-refractivity contribution in [2.24, 2.45) is 0 Å². The lowest BCUT2D eigenvalue weighted by atomic mass is 9.91. The molecule has 0 spiro atoms. The molecule has 5 nitrogen and oxygen atoms in total. The molecule has 5 heteroatoms. The minimum absolute atomic E-state index is 0.327. The van der Waals surface area contributed by atoms with Gasteiger partial charge in [0, 0.05) is 25.6 Å². The Kier molecular flexibility index (Phi) is 8.44. The van der Waals surface area contributed by atoms with Crippen LogP contribution in [0.25, 0.3) is 0 Å². The van der Waals surface area contributed by atoms with Crippen molar-refractivity contribution in [2.45, 2.75) is 63.8 Å². The molecule has 1 heterocycles. The fourth-order valence-corrected chi connectivity index (χ4v) is 4.95. The van der Waals surface area contributed by atoms with E-state index in [2.05, 4.69) is 58.7 Å². The van der Waals surface area contributed by atoms with Crippen molar-refractivity contribution in [3.05, 3.63) is 107 Å². The van der Waals surface area contributed by atoms with Crippen LogP contribution in [0.1, 0.15) is 48.9 Å². The molecule has 0 saturated heterocycles. The number of aliphatic hydroxyl groups is 1. The molecule has 0 radical (unpaired) electrons. The van der Waals surface area contributed by atoms with Crippen molar-refractivity contribution in [1.82, 2.24) is 10.2 Å². The second-order valence-electron chi connectivity index (χ2n) is 10.8. The highest BCUT2D eigenvalue weighted by atomic mass is 16.6. The zero-order valence-electron chi connectivity index (χ0n) is 21.6. The molecule has 0 fully saturated rings. The van der Waals surface area contributed by atoms with Gasteiger partial charge in [-0.1, -0.05) is 84.9 Å². The van der Waals surface area contributed by atoms with Crippen molar-refractivity contribution in [2.75, 3.05) is 13.1 Å². The van der Waals surface area contributed by atoms with Crippen LogP contribution in [-0.4, -0.2) is 46.9 Å². The highest BCUT2D eigenvalue weighted by Crippen LogP contribution is 2.29. The van der Waals surface area contributed by atoms with Gasteiger partial charge in [0.1, 0.15) is 5.60 Å². The maximum atomic E-state index is 12.7. The van der Waals surface area contributed by atoms with Crippen LogP contribution in [0.3, 0.4) is 0 Å². The molecule has 190 valence electrons. The van der Waals surface area contributed by atoms with Crippen LogP contribution in [-0.2, 0) is 24.1 Å². The summed E-state index contributed by atoms with van der Waals surface area (Å²) in [5, 5.41) is 14.4. The predicted octanol–water partition coefficient (Wildman–Crippen LogP) is 5.33. The molecular weight excluding hydrogens is 448 g/mol. The lowest BCUT2D eigenvalue weighted by Gasteiger charge is -2.31. The number of rotatable bonds is 7. The van der Waals surface area contributed by atoms with Crippen molar-refractivity contribution < 1.29 is 14.6 Å². The smallest absolute Gasteiger partial charge is 0.407 e. The van der Waals surface area contributed by atoms with Gasteiger partial charge in [-0.25, -0.2) is 4.79 Å². The minimum atomic E-state index is -0.764. The van der Waals surface area contributed by atoms with Gasteiger partial charge in [0.15, 0.2) is 0 Å². The summed E-state index contributed by atoms with van der Waals surface area (Å²) in [6, 6.07) is 28.7. The number of alkyl carbamates (subject to hydrolysis) is 1. The van der Waals surface area contributed by atoms with E-state index >= 15 is 0 Å². The number of amides is 1. The third-order valence-corrected chi connectivity index (χ3v) is 6.64. The largest absolute Gasteiger partial charge is 0.444 e. The second-order valence-corrected chi connectivity index (χ2v) is 10.8. The number of hydrogen-bond donors (Lipinski definition) is 2. The Morgan fingerprint density at radius 1 is 0.972 bits per heavy atom. The van der Waals surface area contributed by atoms with Gasteiger partial charge in [0.2, 0.25) is 0 Å². The first-order valence-electron chi connectivity index (χ1n) is 12.8. The van der Waals surface area contributed by atoms with Gasteiger partial charge in [0.05, 0.1) is 12.1 Å².